The van der Waals surface area contributed by atoms with Gasteiger partial charge >= 0.3 is 0 Å². The van der Waals surface area contributed by atoms with Crippen molar-refractivity contribution in [2.75, 3.05) is 11.9 Å². The lowest BCUT2D eigenvalue weighted by Gasteiger charge is -2.35. The third kappa shape index (κ3) is 3.84. The minimum atomic E-state index is -0.959. The first-order valence-corrected chi connectivity index (χ1v) is 12.0. The molecule has 1 aliphatic carbocycles. The summed E-state index contributed by atoms with van der Waals surface area (Å²) in [5.74, 6) is -1.54. The van der Waals surface area contributed by atoms with Crippen molar-refractivity contribution in [3.05, 3.63) is 66.1 Å². The number of carbonyl (C=O) groups excluding carboxylic acids is 4. The molecule has 1 saturated heterocycles. The number of fused-ring (bicyclic) bond motifs is 1. The molecule has 10 nitrogen and oxygen atoms in total. The fourth-order valence-corrected chi connectivity index (χ4v) is 5.13. The molecule has 1 saturated carbocycles. The number of benzene rings is 1. The molecule has 10 heteroatoms. The van der Waals surface area contributed by atoms with E-state index >= 15 is 0 Å². The van der Waals surface area contributed by atoms with Crippen molar-refractivity contribution in [1.82, 2.24) is 25.0 Å². The van der Waals surface area contributed by atoms with Crippen LogP contribution in [0.25, 0.3) is 11.3 Å². The highest BCUT2D eigenvalue weighted by Gasteiger charge is 2.44. The number of nitrogens with one attached hydrogen (secondary N) is 2. The van der Waals surface area contributed by atoms with Crippen LogP contribution >= 0.6 is 0 Å². The number of carbonyl (C=O) groups is 4. The normalized spacial score (nSPS) is 23.3. The summed E-state index contributed by atoms with van der Waals surface area (Å²) in [6.45, 7) is 0.739. The summed E-state index contributed by atoms with van der Waals surface area (Å²) in [7, 11) is 0. The molecule has 0 radical (unpaired) electrons. The summed E-state index contributed by atoms with van der Waals surface area (Å²) in [4.78, 5) is 54.8. The quantitative estimate of drug-likeness (QED) is 0.515. The number of piperidine rings is 1. The molecule has 0 spiro atoms. The lowest BCUT2D eigenvalue weighted by Crippen LogP contribution is -2.54. The third-order valence-electron chi connectivity index (χ3n) is 7.18. The first-order chi connectivity index (χ1) is 17.5. The zero-order chi connectivity index (χ0) is 24.8. The van der Waals surface area contributed by atoms with Gasteiger partial charge in [-0.05, 0) is 55.5 Å². The predicted molar refractivity (Wildman–Crippen MR) is 129 cm³/mol. The van der Waals surface area contributed by atoms with E-state index in [0.717, 1.165) is 41.2 Å². The van der Waals surface area contributed by atoms with Gasteiger partial charge in [0.1, 0.15) is 6.04 Å². The molecular weight excluding hydrogens is 460 g/mol. The van der Waals surface area contributed by atoms with Crippen LogP contribution in [0.2, 0.25) is 0 Å². The molecular formula is C26H24N6O4. The van der Waals surface area contributed by atoms with Gasteiger partial charge < -0.3 is 5.32 Å². The first-order valence-electron chi connectivity index (χ1n) is 12.0. The number of nitrogens with zero attached hydrogens (tertiary/aromatic N) is 4. The summed E-state index contributed by atoms with van der Waals surface area (Å²) in [6, 6.07) is 10.3. The van der Waals surface area contributed by atoms with Gasteiger partial charge in [-0.3, -0.25) is 39.1 Å². The molecule has 1 aromatic carbocycles. The summed E-state index contributed by atoms with van der Waals surface area (Å²) in [6.07, 6.45) is 7.87. The van der Waals surface area contributed by atoms with Gasteiger partial charge in [0.2, 0.25) is 11.8 Å². The zero-order valence-corrected chi connectivity index (χ0v) is 19.4. The van der Waals surface area contributed by atoms with Crippen molar-refractivity contribution in [2.45, 2.75) is 37.8 Å². The average Bonchev–Trinajstić information content (AvgIpc) is 3.43. The van der Waals surface area contributed by atoms with Gasteiger partial charge in [-0.25, -0.2) is 0 Å². The van der Waals surface area contributed by atoms with Crippen LogP contribution in [-0.2, 0) is 9.59 Å². The van der Waals surface area contributed by atoms with Crippen molar-refractivity contribution in [2.24, 2.45) is 5.92 Å². The molecule has 182 valence electrons. The standard InChI is InChI=1S/C26H24N6O4/c33-23-7-6-22(24(34)30-23)32-25(35)19-5-4-17(11-20(19)26(32)36)28-12-15-9-18(10-15)31-14-16(13-29-31)21-3-1-2-8-27-21/h1-5,8,11,13-15,18,22,28H,6-7,9-10,12H2,(H,30,33,34)/t15-,18-,22?. The Morgan fingerprint density at radius 2 is 1.86 bits per heavy atom. The van der Waals surface area contributed by atoms with Gasteiger partial charge in [0.15, 0.2) is 0 Å². The maximum absolute atomic E-state index is 13.0. The number of aromatic nitrogens is 3. The molecule has 2 N–H and O–H groups in total. The minimum Gasteiger partial charge on any atom is -0.385 e. The van der Waals surface area contributed by atoms with E-state index in [1.54, 1.807) is 24.4 Å². The minimum absolute atomic E-state index is 0.0992. The van der Waals surface area contributed by atoms with E-state index in [-0.39, 0.29) is 24.0 Å². The molecule has 2 fully saturated rings. The van der Waals surface area contributed by atoms with E-state index in [1.165, 1.54) is 0 Å². The number of hydrogen-bond donors (Lipinski definition) is 2. The molecule has 2 aliphatic heterocycles. The van der Waals surface area contributed by atoms with Crippen molar-refractivity contribution >= 4 is 29.3 Å². The molecule has 4 amide bonds. The lowest BCUT2D eigenvalue weighted by atomic mass is 9.80. The van der Waals surface area contributed by atoms with Gasteiger partial charge in [0, 0.05) is 36.6 Å². The van der Waals surface area contributed by atoms with Gasteiger partial charge in [-0.1, -0.05) is 6.07 Å². The molecule has 0 bridgehead atoms. The number of rotatable bonds is 6. The fraction of sp³-hybridized carbons (Fsp3) is 0.308. The Labute approximate surface area is 206 Å². The number of amides is 4. The Morgan fingerprint density at radius 1 is 1.03 bits per heavy atom. The van der Waals surface area contributed by atoms with Crippen LogP contribution in [-0.4, -0.2) is 55.9 Å². The highest BCUT2D eigenvalue weighted by Crippen LogP contribution is 2.38. The van der Waals surface area contributed by atoms with E-state index in [2.05, 4.69) is 20.7 Å². The second-order valence-electron chi connectivity index (χ2n) is 9.50. The Hall–Kier alpha value is -4.34. The van der Waals surface area contributed by atoms with E-state index in [9.17, 15) is 19.2 Å². The number of hydrogen-bond acceptors (Lipinski definition) is 7. The van der Waals surface area contributed by atoms with Crippen LogP contribution < -0.4 is 10.6 Å². The molecule has 2 aromatic heterocycles. The van der Waals surface area contributed by atoms with Crippen LogP contribution in [0.5, 0.6) is 0 Å². The van der Waals surface area contributed by atoms with Crippen molar-refractivity contribution in [3.8, 4) is 11.3 Å². The van der Waals surface area contributed by atoms with Gasteiger partial charge in [-0.2, -0.15) is 5.10 Å². The maximum atomic E-state index is 13.0. The van der Waals surface area contributed by atoms with E-state index in [4.69, 9.17) is 0 Å². The second-order valence-corrected chi connectivity index (χ2v) is 9.50. The summed E-state index contributed by atoms with van der Waals surface area (Å²) >= 11 is 0. The van der Waals surface area contributed by atoms with Gasteiger partial charge in [-0.15, -0.1) is 0 Å². The predicted octanol–water partition coefficient (Wildman–Crippen LogP) is 2.41. The Kier molecular flexibility index (Phi) is 5.36. The summed E-state index contributed by atoms with van der Waals surface area (Å²) in [5, 5.41) is 10.1. The average molecular weight is 485 g/mol. The van der Waals surface area contributed by atoms with Crippen LogP contribution in [0.4, 0.5) is 5.69 Å². The number of imide groups is 2. The molecule has 4 heterocycles. The Balaban J connectivity index is 1.06. The highest BCUT2D eigenvalue weighted by molar-refractivity contribution is 6.23. The summed E-state index contributed by atoms with van der Waals surface area (Å²) < 4.78 is 2.00. The molecule has 36 heavy (non-hydrogen) atoms. The Morgan fingerprint density at radius 3 is 2.64 bits per heavy atom. The maximum Gasteiger partial charge on any atom is 0.262 e. The lowest BCUT2D eigenvalue weighted by molar-refractivity contribution is -0.136. The second kappa shape index (κ2) is 8.71. The molecule has 1 atom stereocenters. The summed E-state index contributed by atoms with van der Waals surface area (Å²) in [5.41, 5.74) is 3.21. The third-order valence-corrected chi connectivity index (χ3v) is 7.18. The van der Waals surface area contributed by atoms with Crippen molar-refractivity contribution in [3.63, 3.8) is 0 Å². The van der Waals surface area contributed by atoms with E-state index < -0.39 is 29.7 Å². The Bertz CT molecular complexity index is 1380. The monoisotopic (exact) mass is 484 g/mol. The molecule has 6 rings (SSSR count). The van der Waals surface area contributed by atoms with Crippen LogP contribution in [0.1, 0.15) is 52.4 Å². The van der Waals surface area contributed by atoms with Crippen LogP contribution in [0.3, 0.4) is 0 Å². The fourth-order valence-electron chi connectivity index (χ4n) is 5.13. The smallest absolute Gasteiger partial charge is 0.262 e. The number of anilines is 1. The van der Waals surface area contributed by atoms with E-state index in [1.807, 2.05) is 35.3 Å². The highest BCUT2D eigenvalue weighted by atomic mass is 16.2. The van der Waals surface area contributed by atoms with Gasteiger partial charge in [0.05, 0.1) is 29.1 Å². The van der Waals surface area contributed by atoms with Crippen LogP contribution in [0, 0.1) is 5.92 Å². The number of pyridine rings is 1. The molecule has 1 unspecified atom stereocenters. The largest absolute Gasteiger partial charge is 0.385 e. The SMILES string of the molecule is O=C1CCC(N2C(=O)c3ccc(NC[C@H]4C[C@H](n5cc(-c6ccccn6)cn5)C4)cc3C2=O)C(=O)N1. The van der Waals surface area contributed by atoms with E-state index in [0.29, 0.717) is 12.0 Å². The van der Waals surface area contributed by atoms with Crippen molar-refractivity contribution < 1.29 is 19.2 Å². The van der Waals surface area contributed by atoms with Crippen LogP contribution in [0.15, 0.2) is 55.0 Å². The van der Waals surface area contributed by atoms with Crippen molar-refractivity contribution in [1.29, 1.82) is 0 Å². The zero-order valence-electron chi connectivity index (χ0n) is 19.4. The molecule has 3 aliphatic rings. The topological polar surface area (TPSA) is 126 Å². The first kappa shape index (κ1) is 22.1. The van der Waals surface area contributed by atoms with Gasteiger partial charge in [0.25, 0.3) is 11.8 Å². The molecule has 3 aromatic rings.